The van der Waals surface area contributed by atoms with Crippen molar-refractivity contribution in [1.82, 2.24) is 10.2 Å². The van der Waals surface area contributed by atoms with Crippen LogP contribution in [0.25, 0.3) is 0 Å². The number of urea groups is 1. The lowest BCUT2D eigenvalue weighted by atomic mass is 10.1. The molecular formula is C11H12N4O4. The molecule has 1 heterocycles. The summed E-state index contributed by atoms with van der Waals surface area (Å²) in [5, 5.41) is 15.9. The average Bonchev–Trinajstić information content (AvgIpc) is 2.70. The van der Waals surface area contributed by atoms with E-state index in [1.165, 1.54) is 12.1 Å². The Morgan fingerprint density at radius 2 is 2.21 bits per heavy atom. The van der Waals surface area contributed by atoms with E-state index in [-0.39, 0.29) is 24.7 Å². The maximum absolute atomic E-state index is 11.4. The summed E-state index contributed by atoms with van der Waals surface area (Å²) >= 11 is 0. The molecule has 0 aliphatic carbocycles. The Morgan fingerprint density at radius 1 is 1.47 bits per heavy atom. The lowest BCUT2D eigenvalue weighted by Gasteiger charge is -2.13. The van der Waals surface area contributed by atoms with Crippen LogP contribution in [-0.4, -0.2) is 35.4 Å². The van der Waals surface area contributed by atoms with Crippen LogP contribution in [0.5, 0.6) is 0 Å². The number of nitro groups is 1. The van der Waals surface area contributed by atoms with Crippen LogP contribution in [0.3, 0.4) is 0 Å². The number of nitrogens with one attached hydrogen (secondary N) is 2. The predicted molar refractivity (Wildman–Crippen MR) is 66.6 cm³/mol. The molecule has 1 fully saturated rings. The summed E-state index contributed by atoms with van der Waals surface area (Å²) in [6.07, 6.45) is 0. The smallest absolute Gasteiger partial charge is 0.324 e. The number of imide groups is 1. The minimum Gasteiger partial charge on any atom is -0.383 e. The molecule has 19 heavy (non-hydrogen) atoms. The highest BCUT2D eigenvalue weighted by Crippen LogP contribution is 2.25. The van der Waals surface area contributed by atoms with Gasteiger partial charge in [0.1, 0.15) is 5.69 Å². The van der Waals surface area contributed by atoms with Crippen LogP contribution >= 0.6 is 0 Å². The number of amides is 3. The van der Waals surface area contributed by atoms with Gasteiger partial charge in [-0.1, -0.05) is 6.07 Å². The zero-order valence-electron chi connectivity index (χ0n) is 10.2. The Bertz CT molecular complexity index is 542. The highest BCUT2D eigenvalue weighted by molar-refractivity contribution is 6.01. The van der Waals surface area contributed by atoms with Crippen LogP contribution in [-0.2, 0) is 11.3 Å². The number of hydrogen-bond donors (Lipinski definition) is 2. The van der Waals surface area contributed by atoms with Crippen molar-refractivity contribution < 1.29 is 14.5 Å². The molecule has 1 aliphatic rings. The minimum absolute atomic E-state index is 0.00923. The summed E-state index contributed by atoms with van der Waals surface area (Å²) in [6, 6.07) is 3.98. The number of carbonyl (C=O) groups is 2. The first-order chi connectivity index (χ1) is 9.02. The van der Waals surface area contributed by atoms with Crippen molar-refractivity contribution in [2.75, 3.05) is 18.9 Å². The second-order valence-corrected chi connectivity index (χ2v) is 4.00. The Kier molecular flexibility index (Phi) is 3.32. The summed E-state index contributed by atoms with van der Waals surface area (Å²) in [6.45, 7) is 0.0854. The van der Waals surface area contributed by atoms with Gasteiger partial charge in [-0.05, 0) is 11.6 Å². The molecule has 2 N–H and O–H groups in total. The van der Waals surface area contributed by atoms with Crippen molar-refractivity contribution >= 4 is 23.3 Å². The van der Waals surface area contributed by atoms with Gasteiger partial charge in [0, 0.05) is 13.1 Å². The van der Waals surface area contributed by atoms with Gasteiger partial charge < -0.3 is 10.6 Å². The largest absolute Gasteiger partial charge is 0.383 e. The maximum Gasteiger partial charge on any atom is 0.324 e. The number of nitrogens with zero attached hydrogens (tertiary/aromatic N) is 2. The first-order valence-electron chi connectivity index (χ1n) is 5.56. The van der Waals surface area contributed by atoms with Gasteiger partial charge in [-0.25, -0.2) is 4.79 Å². The predicted octanol–water partition coefficient (Wildman–Crippen LogP) is 0.688. The van der Waals surface area contributed by atoms with Crippen LogP contribution in [0, 0.1) is 10.1 Å². The van der Waals surface area contributed by atoms with Gasteiger partial charge in [0.05, 0.1) is 18.0 Å². The highest BCUT2D eigenvalue weighted by Gasteiger charge is 2.28. The van der Waals surface area contributed by atoms with E-state index in [4.69, 9.17) is 0 Å². The molecule has 1 aliphatic heterocycles. The van der Waals surface area contributed by atoms with Crippen molar-refractivity contribution in [1.29, 1.82) is 0 Å². The molecule has 1 saturated heterocycles. The highest BCUT2D eigenvalue weighted by atomic mass is 16.6. The van der Waals surface area contributed by atoms with E-state index in [1.807, 2.05) is 0 Å². The van der Waals surface area contributed by atoms with Gasteiger partial charge in [-0.3, -0.25) is 19.8 Å². The monoisotopic (exact) mass is 264 g/mol. The fourth-order valence-corrected chi connectivity index (χ4v) is 1.84. The SMILES string of the molecule is CNc1cc(CN2C(=O)CNC2=O)ccc1[N+](=O)[O-]. The van der Waals surface area contributed by atoms with Gasteiger partial charge in [-0.2, -0.15) is 0 Å². The van der Waals surface area contributed by atoms with Crippen LogP contribution in [0.1, 0.15) is 5.56 Å². The van der Waals surface area contributed by atoms with E-state index in [0.717, 1.165) is 4.90 Å². The molecule has 0 bridgehead atoms. The summed E-state index contributed by atoms with van der Waals surface area (Å²) in [5.74, 6) is -0.311. The van der Waals surface area contributed by atoms with Crippen molar-refractivity contribution in [3.8, 4) is 0 Å². The molecule has 3 amide bonds. The Morgan fingerprint density at radius 3 is 2.74 bits per heavy atom. The van der Waals surface area contributed by atoms with Crippen molar-refractivity contribution in [2.24, 2.45) is 0 Å². The van der Waals surface area contributed by atoms with Crippen LogP contribution in [0.15, 0.2) is 18.2 Å². The molecule has 0 radical (unpaired) electrons. The van der Waals surface area contributed by atoms with E-state index < -0.39 is 11.0 Å². The minimum atomic E-state index is -0.497. The third-order valence-corrected chi connectivity index (χ3v) is 2.80. The van der Waals surface area contributed by atoms with Gasteiger partial charge in [0.15, 0.2) is 0 Å². The molecule has 2 rings (SSSR count). The molecule has 8 heteroatoms. The quantitative estimate of drug-likeness (QED) is 0.473. The number of nitro benzene ring substituents is 1. The summed E-state index contributed by atoms with van der Waals surface area (Å²) in [5.41, 5.74) is 0.929. The second-order valence-electron chi connectivity index (χ2n) is 4.00. The van der Waals surface area contributed by atoms with E-state index in [9.17, 15) is 19.7 Å². The fourth-order valence-electron chi connectivity index (χ4n) is 1.84. The molecule has 0 spiro atoms. The first kappa shape index (κ1) is 12.8. The van der Waals surface area contributed by atoms with Crippen molar-refractivity contribution in [3.05, 3.63) is 33.9 Å². The third kappa shape index (κ3) is 2.46. The number of anilines is 1. The number of carbonyl (C=O) groups excluding carboxylic acids is 2. The number of benzene rings is 1. The van der Waals surface area contributed by atoms with Gasteiger partial charge in [0.2, 0.25) is 5.91 Å². The third-order valence-electron chi connectivity index (χ3n) is 2.80. The van der Waals surface area contributed by atoms with Crippen LogP contribution in [0.4, 0.5) is 16.2 Å². The summed E-state index contributed by atoms with van der Waals surface area (Å²) in [7, 11) is 1.57. The van der Waals surface area contributed by atoms with Crippen LogP contribution < -0.4 is 10.6 Å². The van der Waals surface area contributed by atoms with E-state index in [0.29, 0.717) is 11.3 Å². The molecule has 0 saturated carbocycles. The van der Waals surface area contributed by atoms with E-state index in [1.54, 1.807) is 13.1 Å². The van der Waals surface area contributed by atoms with E-state index in [2.05, 4.69) is 10.6 Å². The number of rotatable bonds is 4. The van der Waals surface area contributed by atoms with E-state index >= 15 is 0 Å². The zero-order valence-corrected chi connectivity index (χ0v) is 10.2. The lowest BCUT2D eigenvalue weighted by Crippen LogP contribution is -2.30. The van der Waals surface area contributed by atoms with Crippen molar-refractivity contribution in [3.63, 3.8) is 0 Å². The summed E-state index contributed by atoms with van der Waals surface area (Å²) in [4.78, 5) is 34.2. The zero-order chi connectivity index (χ0) is 14.0. The van der Waals surface area contributed by atoms with Crippen molar-refractivity contribution in [2.45, 2.75) is 6.54 Å². The van der Waals surface area contributed by atoms with Gasteiger partial charge in [-0.15, -0.1) is 0 Å². The second kappa shape index (κ2) is 4.92. The van der Waals surface area contributed by atoms with Gasteiger partial charge in [0.25, 0.3) is 5.69 Å². The molecule has 0 aromatic heterocycles. The topological polar surface area (TPSA) is 105 Å². The average molecular weight is 264 g/mol. The summed E-state index contributed by atoms with van der Waals surface area (Å²) < 4.78 is 0. The normalized spacial score (nSPS) is 14.5. The molecular weight excluding hydrogens is 252 g/mol. The fraction of sp³-hybridized carbons (Fsp3) is 0.273. The first-order valence-corrected chi connectivity index (χ1v) is 5.56. The Labute approximate surface area is 108 Å². The Balaban J connectivity index is 2.24. The standard InChI is InChI=1S/C11H12N4O4/c1-12-8-4-7(2-3-9(8)15(18)19)6-14-10(16)5-13-11(14)17/h2-4,12H,5-6H2,1H3,(H,13,17). The van der Waals surface area contributed by atoms with Gasteiger partial charge >= 0.3 is 6.03 Å². The molecule has 1 aromatic rings. The lowest BCUT2D eigenvalue weighted by molar-refractivity contribution is -0.384. The number of hydrogen-bond acceptors (Lipinski definition) is 5. The Hall–Kier alpha value is -2.64. The molecule has 8 nitrogen and oxygen atoms in total. The maximum atomic E-state index is 11.4. The molecule has 0 atom stereocenters. The van der Waals surface area contributed by atoms with Crippen LogP contribution in [0.2, 0.25) is 0 Å². The molecule has 1 aromatic carbocycles. The molecule has 100 valence electrons. The molecule has 0 unspecified atom stereocenters.